The molecule has 1 N–H and O–H groups in total. The number of carbonyl (C=O) groups excluding carboxylic acids is 1. The number of benzene rings is 1. The molecule has 0 aliphatic carbocycles. The van der Waals surface area contributed by atoms with Crippen molar-refractivity contribution in [2.75, 3.05) is 5.32 Å². The number of carbonyl (C=O) groups is 1. The highest BCUT2D eigenvalue weighted by atomic mass is 32.1. The predicted octanol–water partition coefficient (Wildman–Crippen LogP) is 2.70. The summed E-state index contributed by atoms with van der Waals surface area (Å²) >= 11 is 1.38. The molecular formula is C18H13N5O2S. The highest BCUT2D eigenvalue weighted by Crippen LogP contribution is 2.30. The molecule has 1 aromatic carbocycles. The second-order valence-corrected chi connectivity index (χ2v) is 6.69. The number of aromatic nitrogens is 4. The summed E-state index contributed by atoms with van der Waals surface area (Å²) in [5, 5.41) is 12.2. The number of thiazole rings is 1. The summed E-state index contributed by atoms with van der Waals surface area (Å²) in [5.41, 5.74) is 2.04. The number of amides is 1. The molecule has 0 bridgehead atoms. The van der Waals surface area contributed by atoms with Crippen LogP contribution in [0.3, 0.4) is 0 Å². The van der Waals surface area contributed by atoms with E-state index >= 15 is 0 Å². The summed E-state index contributed by atoms with van der Waals surface area (Å²) < 4.78 is 1.36. The first-order valence-electron chi connectivity index (χ1n) is 7.76. The van der Waals surface area contributed by atoms with Crippen LogP contribution in [0, 0.1) is 0 Å². The van der Waals surface area contributed by atoms with Gasteiger partial charge in [0.05, 0.1) is 22.2 Å². The van der Waals surface area contributed by atoms with E-state index in [1.165, 1.54) is 34.2 Å². The Morgan fingerprint density at radius 2 is 2.08 bits per heavy atom. The monoisotopic (exact) mass is 363 g/mol. The third kappa shape index (κ3) is 3.09. The fraction of sp³-hybridized carbons (Fsp3) is 0.0556. The van der Waals surface area contributed by atoms with Crippen molar-refractivity contribution < 1.29 is 4.79 Å². The van der Waals surface area contributed by atoms with Crippen molar-refractivity contribution in [1.82, 2.24) is 19.7 Å². The third-order valence-corrected chi connectivity index (χ3v) is 4.83. The van der Waals surface area contributed by atoms with Crippen LogP contribution in [0.2, 0.25) is 0 Å². The van der Waals surface area contributed by atoms with Crippen LogP contribution in [0.1, 0.15) is 10.4 Å². The van der Waals surface area contributed by atoms with E-state index in [4.69, 9.17) is 0 Å². The summed E-state index contributed by atoms with van der Waals surface area (Å²) in [4.78, 5) is 28.9. The molecule has 0 saturated heterocycles. The zero-order valence-corrected chi connectivity index (χ0v) is 14.5. The van der Waals surface area contributed by atoms with Crippen LogP contribution in [0.25, 0.3) is 21.3 Å². The van der Waals surface area contributed by atoms with Gasteiger partial charge in [0.1, 0.15) is 0 Å². The molecule has 0 fully saturated rings. The summed E-state index contributed by atoms with van der Waals surface area (Å²) in [6, 6.07) is 10.6. The summed E-state index contributed by atoms with van der Waals surface area (Å²) in [7, 11) is 1.60. The van der Waals surface area contributed by atoms with Gasteiger partial charge in [0.2, 0.25) is 5.56 Å². The van der Waals surface area contributed by atoms with Gasteiger partial charge < -0.3 is 4.57 Å². The fourth-order valence-electron chi connectivity index (χ4n) is 2.50. The molecule has 8 heteroatoms. The minimum atomic E-state index is -0.310. The van der Waals surface area contributed by atoms with E-state index in [0.717, 1.165) is 21.3 Å². The van der Waals surface area contributed by atoms with Gasteiger partial charge in [-0.15, -0.1) is 0 Å². The average Bonchev–Trinajstić information content (AvgIpc) is 3.12. The van der Waals surface area contributed by atoms with Gasteiger partial charge in [0, 0.05) is 30.9 Å². The Bertz CT molecular complexity index is 1180. The molecule has 3 heterocycles. The molecule has 0 spiro atoms. The van der Waals surface area contributed by atoms with Crippen molar-refractivity contribution in [1.29, 1.82) is 0 Å². The molecule has 0 radical (unpaired) electrons. The number of hydrogen-bond acceptors (Lipinski definition) is 6. The molecule has 128 valence electrons. The topological polar surface area (TPSA) is 89.8 Å². The fourth-order valence-corrected chi connectivity index (χ4v) is 3.31. The Morgan fingerprint density at radius 3 is 2.92 bits per heavy atom. The van der Waals surface area contributed by atoms with E-state index < -0.39 is 0 Å². The van der Waals surface area contributed by atoms with Crippen LogP contribution < -0.4 is 10.9 Å². The number of aryl methyl sites for hydroxylation is 1. The van der Waals surface area contributed by atoms with Crippen molar-refractivity contribution in [3.8, 4) is 10.4 Å². The van der Waals surface area contributed by atoms with Crippen LogP contribution in [-0.4, -0.2) is 25.7 Å². The van der Waals surface area contributed by atoms with Gasteiger partial charge in [0.25, 0.3) is 5.91 Å². The molecule has 0 aliphatic heterocycles. The van der Waals surface area contributed by atoms with Gasteiger partial charge in [-0.3, -0.25) is 14.9 Å². The number of pyridine rings is 1. The highest BCUT2D eigenvalue weighted by molar-refractivity contribution is 7.19. The van der Waals surface area contributed by atoms with Crippen molar-refractivity contribution in [2.24, 2.45) is 7.05 Å². The standard InChI is InChI=1S/C18H13N5O2S/c1-23-10-13(3-5-16(23)24)17(25)21-18-19-9-15(26-18)12-2-4-14-11(8-12)6-7-20-22-14/h2-10H,1H3,(H,19,21,25). The summed E-state index contributed by atoms with van der Waals surface area (Å²) in [6.07, 6.45) is 4.87. The van der Waals surface area contributed by atoms with Crippen molar-refractivity contribution in [3.05, 3.63) is 70.9 Å². The van der Waals surface area contributed by atoms with Crippen LogP contribution in [0.4, 0.5) is 5.13 Å². The Hall–Kier alpha value is -3.39. The largest absolute Gasteiger partial charge is 0.318 e. The van der Waals surface area contributed by atoms with Gasteiger partial charge in [-0.1, -0.05) is 17.4 Å². The number of nitrogens with zero attached hydrogens (tertiary/aromatic N) is 4. The first-order valence-corrected chi connectivity index (χ1v) is 8.57. The lowest BCUT2D eigenvalue weighted by Gasteiger charge is -2.03. The van der Waals surface area contributed by atoms with Crippen LogP contribution in [0.5, 0.6) is 0 Å². The lowest BCUT2D eigenvalue weighted by molar-refractivity contribution is 0.102. The molecule has 4 rings (SSSR count). The molecule has 0 saturated carbocycles. The van der Waals surface area contributed by atoms with Crippen molar-refractivity contribution >= 4 is 33.3 Å². The second-order valence-electron chi connectivity index (χ2n) is 5.66. The molecule has 3 aromatic heterocycles. The second kappa shape index (κ2) is 6.49. The SMILES string of the molecule is Cn1cc(C(=O)Nc2ncc(-c3ccc4nnccc4c3)s2)ccc1=O. The van der Waals surface area contributed by atoms with Crippen molar-refractivity contribution in [3.63, 3.8) is 0 Å². The average molecular weight is 363 g/mol. The Labute approximate surface area is 152 Å². The Balaban J connectivity index is 1.58. The summed E-state index contributed by atoms with van der Waals surface area (Å²) in [5.74, 6) is -0.310. The van der Waals surface area contributed by atoms with E-state index in [0.29, 0.717) is 10.7 Å². The minimum absolute atomic E-state index is 0.168. The number of rotatable bonds is 3. The molecule has 0 unspecified atom stereocenters. The van der Waals surface area contributed by atoms with E-state index in [1.54, 1.807) is 19.4 Å². The van der Waals surface area contributed by atoms with Gasteiger partial charge >= 0.3 is 0 Å². The maximum absolute atomic E-state index is 12.3. The number of anilines is 1. The van der Waals surface area contributed by atoms with Gasteiger partial charge in [-0.25, -0.2) is 4.98 Å². The zero-order chi connectivity index (χ0) is 18.1. The summed E-state index contributed by atoms with van der Waals surface area (Å²) in [6.45, 7) is 0. The van der Waals surface area contributed by atoms with Crippen molar-refractivity contribution in [2.45, 2.75) is 0 Å². The molecule has 0 atom stereocenters. The highest BCUT2D eigenvalue weighted by Gasteiger charge is 2.11. The normalized spacial score (nSPS) is 10.8. The van der Waals surface area contributed by atoms with Crippen LogP contribution in [-0.2, 0) is 7.05 Å². The quantitative estimate of drug-likeness (QED) is 0.604. The number of fused-ring (bicyclic) bond motifs is 1. The molecule has 0 aliphatic rings. The van der Waals surface area contributed by atoms with Gasteiger partial charge in [-0.05, 0) is 29.8 Å². The minimum Gasteiger partial charge on any atom is -0.318 e. The van der Waals surface area contributed by atoms with E-state index in [9.17, 15) is 9.59 Å². The maximum Gasteiger partial charge on any atom is 0.258 e. The van der Waals surface area contributed by atoms with E-state index in [1.807, 2.05) is 24.3 Å². The molecular weight excluding hydrogens is 350 g/mol. The first-order chi connectivity index (χ1) is 12.6. The smallest absolute Gasteiger partial charge is 0.258 e. The molecule has 7 nitrogen and oxygen atoms in total. The maximum atomic E-state index is 12.3. The number of hydrogen-bond donors (Lipinski definition) is 1. The van der Waals surface area contributed by atoms with Gasteiger partial charge in [-0.2, -0.15) is 10.2 Å². The van der Waals surface area contributed by atoms with E-state index in [2.05, 4.69) is 20.5 Å². The Morgan fingerprint density at radius 1 is 1.19 bits per heavy atom. The molecule has 1 amide bonds. The zero-order valence-electron chi connectivity index (χ0n) is 13.7. The predicted molar refractivity (Wildman–Crippen MR) is 100 cm³/mol. The van der Waals surface area contributed by atoms with Crippen LogP contribution in [0.15, 0.2) is 59.8 Å². The number of nitrogens with one attached hydrogen (secondary N) is 1. The van der Waals surface area contributed by atoms with E-state index in [-0.39, 0.29) is 11.5 Å². The first kappa shape index (κ1) is 16.1. The van der Waals surface area contributed by atoms with Crippen LogP contribution >= 0.6 is 11.3 Å². The third-order valence-electron chi connectivity index (χ3n) is 3.87. The van der Waals surface area contributed by atoms with Gasteiger partial charge in [0.15, 0.2) is 5.13 Å². The molecule has 4 aromatic rings. The lowest BCUT2D eigenvalue weighted by Crippen LogP contribution is -2.19. The lowest BCUT2D eigenvalue weighted by atomic mass is 10.1. The molecule has 26 heavy (non-hydrogen) atoms. The Kier molecular flexibility index (Phi) is 4.02.